The van der Waals surface area contributed by atoms with E-state index in [9.17, 15) is 9.59 Å². The highest BCUT2D eigenvalue weighted by Crippen LogP contribution is 2.22. The van der Waals surface area contributed by atoms with Crippen LogP contribution in [-0.4, -0.2) is 26.0 Å². The van der Waals surface area contributed by atoms with Crippen LogP contribution in [-0.2, 0) is 4.74 Å². The molecule has 0 heterocycles. The Labute approximate surface area is 98.6 Å². The topological polar surface area (TPSA) is 76.4 Å². The maximum Gasteiger partial charge on any atom is 0.338 e. The van der Waals surface area contributed by atoms with Gasteiger partial charge in [-0.1, -0.05) is 0 Å². The molecule has 0 aliphatic rings. The first-order chi connectivity index (χ1) is 8.17. The predicted octanol–water partition coefficient (Wildman–Crippen LogP) is 1.56. The number of hydrogen-bond acceptors (Lipinski definition) is 5. The lowest BCUT2D eigenvalue weighted by Gasteiger charge is -2.08. The van der Waals surface area contributed by atoms with Crippen molar-refractivity contribution in [3.63, 3.8) is 0 Å². The number of nitrogens with zero attached hydrogens (tertiary/aromatic N) is 1. The third-order valence-electron chi connectivity index (χ3n) is 2.11. The summed E-state index contributed by atoms with van der Waals surface area (Å²) < 4.78 is 9.74. The summed E-state index contributed by atoms with van der Waals surface area (Å²) in [7, 11) is 1.38. The van der Waals surface area contributed by atoms with E-state index in [4.69, 9.17) is 14.7 Å². The average molecular weight is 233 g/mol. The third kappa shape index (κ3) is 2.61. The Balaban J connectivity index is 3.34. The normalized spacial score (nSPS) is 9.24. The zero-order valence-electron chi connectivity index (χ0n) is 9.52. The molecule has 0 radical (unpaired) electrons. The fourth-order valence-corrected chi connectivity index (χ4v) is 1.33. The molecule has 0 amide bonds. The number of carbonyl (C=O) groups is 2. The fraction of sp³-hybridized carbons (Fsp3) is 0.250. The highest BCUT2D eigenvalue weighted by atomic mass is 16.5. The molecule has 1 aromatic rings. The van der Waals surface area contributed by atoms with Gasteiger partial charge in [0.25, 0.3) is 0 Å². The molecule has 1 rings (SSSR count). The van der Waals surface area contributed by atoms with Gasteiger partial charge in [-0.05, 0) is 19.1 Å². The van der Waals surface area contributed by atoms with E-state index < -0.39 is 5.97 Å². The van der Waals surface area contributed by atoms with Crippen LogP contribution >= 0.6 is 0 Å². The second kappa shape index (κ2) is 5.66. The van der Waals surface area contributed by atoms with E-state index in [-0.39, 0.29) is 29.0 Å². The van der Waals surface area contributed by atoms with Gasteiger partial charge in [0.1, 0.15) is 11.8 Å². The standard InChI is InChI=1S/C12H11NO4/c1-3-17-12(15)10-4-8(6-13)11(16-2)5-9(10)7-14/h4-5,7H,3H2,1-2H3. The Morgan fingerprint density at radius 1 is 1.53 bits per heavy atom. The minimum atomic E-state index is -0.631. The number of esters is 1. The molecule has 0 N–H and O–H groups in total. The summed E-state index contributed by atoms with van der Waals surface area (Å²) >= 11 is 0. The quantitative estimate of drug-likeness (QED) is 0.582. The number of hydrogen-bond donors (Lipinski definition) is 0. The molecule has 0 aliphatic heterocycles. The summed E-state index contributed by atoms with van der Waals surface area (Å²) in [5.41, 5.74) is 0.389. The van der Waals surface area contributed by atoms with Crippen molar-refractivity contribution in [2.75, 3.05) is 13.7 Å². The van der Waals surface area contributed by atoms with Gasteiger partial charge in [-0.15, -0.1) is 0 Å². The zero-order valence-corrected chi connectivity index (χ0v) is 9.52. The van der Waals surface area contributed by atoms with E-state index >= 15 is 0 Å². The number of methoxy groups -OCH3 is 1. The van der Waals surface area contributed by atoms with Gasteiger partial charge in [-0.2, -0.15) is 5.26 Å². The van der Waals surface area contributed by atoms with Gasteiger partial charge < -0.3 is 9.47 Å². The molecule has 0 saturated carbocycles. The van der Waals surface area contributed by atoms with E-state index in [2.05, 4.69) is 0 Å². The van der Waals surface area contributed by atoms with Crippen molar-refractivity contribution in [3.05, 3.63) is 28.8 Å². The minimum absolute atomic E-state index is 0.0687. The average Bonchev–Trinajstić information content (AvgIpc) is 2.37. The number of nitriles is 1. The van der Waals surface area contributed by atoms with Crippen LogP contribution < -0.4 is 4.74 Å². The zero-order chi connectivity index (χ0) is 12.8. The van der Waals surface area contributed by atoms with Crippen molar-refractivity contribution in [2.45, 2.75) is 6.92 Å². The molecular weight excluding hydrogens is 222 g/mol. The largest absolute Gasteiger partial charge is 0.495 e. The Kier molecular flexibility index (Phi) is 4.23. The molecule has 0 atom stereocenters. The van der Waals surface area contributed by atoms with Gasteiger partial charge in [0, 0.05) is 5.56 Å². The molecule has 0 unspecified atom stereocenters. The smallest absolute Gasteiger partial charge is 0.338 e. The van der Waals surface area contributed by atoms with Crippen molar-refractivity contribution in [3.8, 4) is 11.8 Å². The minimum Gasteiger partial charge on any atom is -0.495 e. The molecule has 88 valence electrons. The number of carbonyl (C=O) groups excluding carboxylic acids is 2. The monoisotopic (exact) mass is 233 g/mol. The van der Waals surface area contributed by atoms with Gasteiger partial charge >= 0.3 is 5.97 Å². The summed E-state index contributed by atoms with van der Waals surface area (Å²) in [4.78, 5) is 22.4. The molecule has 0 saturated heterocycles. The van der Waals surface area contributed by atoms with Gasteiger partial charge in [-0.25, -0.2) is 4.79 Å². The maximum atomic E-state index is 11.6. The van der Waals surface area contributed by atoms with E-state index in [1.165, 1.54) is 19.2 Å². The molecule has 0 aromatic heterocycles. The first-order valence-electron chi connectivity index (χ1n) is 4.92. The van der Waals surface area contributed by atoms with Crippen LogP contribution in [0.5, 0.6) is 5.75 Å². The SMILES string of the molecule is CCOC(=O)c1cc(C#N)c(OC)cc1C=O. The predicted molar refractivity (Wildman–Crippen MR) is 59.1 cm³/mol. The van der Waals surface area contributed by atoms with Crippen molar-refractivity contribution in [2.24, 2.45) is 0 Å². The van der Waals surface area contributed by atoms with Crippen molar-refractivity contribution < 1.29 is 19.1 Å². The van der Waals surface area contributed by atoms with E-state index in [0.717, 1.165) is 0 Å². The van der Waals surface area contributed by atoms with Crippen molar-refractivity contribution in [1.82, 2.24) is 0 Å². The van der Waals surface area contributed by atoms with Crippen molar-refractivity contribution >= 4 is 12.3 Å². The molecular formula is C12H11NO4. The lowest BCUT2D eigenvalue weighted by molar-refractivity contribution is 0.0524. The second-order valence-corrected chi connectivity index (χ2v) is 3.09. The lowest BCUT2D eigenvalue weighted by Crippen LogP contribution is -2.09. The van der Waals surface area contributed by atoms with Crippen LogP contribution in [0.3, 0.4) is 0 Å². The molecule has 1 aromatic carbocycles. The van der Waals surface area contributed by atoms with Crippen LogP contribution in [0.25, 0.3) is 0 Å². The van der Waals surface area contributed by atoms with Crippen LogP contribution in [0.4, 0.5) is 0 Å². The summed E-state index contributed by atoms with van der Waals surface area (Å²) in [5.74, 6) is -0.378. The number of ether oxygens (including phenoxy) is 2. The fourth-order valence-electron chi connectivity index (χ4n) is 1.33. The van der Waals surface area contributed by atoms with Crippen LogP contribution in [0.2, 0.25) is 0 Å². The molecule has 0 fully saturated rings. The Hall–Kier alpha value is -2.35. The first kappa shape index (κ1) is 12.7. The van der Waals surface area contributed by atoms with Gasteiger partial charge in [0.15, 0.2) is 6.29 Å². The molecule has 0 aliphatic carbocycles. The molecule has 5 heteroatoms. The van der Waals surface area contributed by atoms with E-state index in [0.29, 0.717) is 6.29 Å². The second-order valence-electron chi connectivity index (χ2n) is 3.09. The highest BCUT2D eigenvalue weighted by molar-refractivity contribution is 5.99. The third-order valence-corrected chi connectivity index (χ3v) is 2.11. The first-order valence-corrected chi connectivity index (χ1v) is 4.92. The lowest BCUT2D eigenvalue weighted by atomic mass is 10.0. The van der Waals surface area contributed by atoms with Gasteiger partial charge in [-0.3, -0.25) is 4.79 Å². The van der Waals surface area contributed by atoms with Crippen LogP contribution in [0.1, 0.15) is 33.2 Å². The Morgan fingerprint density at radius 2 is 2.24 bits per heavy atom. The Morgan fingerprint density at radius 3 is 2.71 bits per heavy atom. The maximum absolute atomic E-state index is 11.6. The summed E-state index contributed by atoms with van der Waals surface area (Å²) in [6.45, 7) is 1.86. The van der Waals surface area contributed by atoms with Gasteiger partial charge in [0.05, 0.1) is 24.8 Å². The van der Waals surface area contributed by atoms with Gasteiger partial charge in [0.2, 0.25) is 0 Å². The summed E-state index contributed by atoms with van der Waals surface area (Å²) in [6.07, 6.45) is 0.524. The number of aldehydes is 1. The van der Waals surface area contributed by atoms with E-state index in [1.54, 1.807) is 6.92 Å². The highest BCUT2D eigenvalue weighted by Gasteiger charge is 2.16. The Bertz CT molecular complexity index is 488. The van der Waals surface area contributed by atoms with Crippen molar-refractivity contribution in [1.29, 1.82) is 5.26 Å². The number of benzene rings is 1. The van der Waals surface area contributed by atoms with Crippen LogP contribution in [0.15, 0.2) is 12.1 Å². The summed E-state index contributed by atoms with van der Waals surface area (Å²) in [5, 5.41) is 8.88. The number of rotatable bonds is 4. The molecule has 5 nitrogen and oxygen atoms in total. The molecule has 17 heavy (non-hydrogen) atoms. The van der Waals surface area contributed by atoms with Crippen LogP contribution in [0, 0.1) is 11.3 Å². The molecule has 0 spiro atoms. The molecule has 0 bridgehead atoms. The summed E-state index contributed by atoms with van der Waals surface area (Å²) in [6, 6.07) is 4.52. The van der Waals surface area contributed by atoms with E-state index in [1.807, 2.05) is 6.07 Å².